The van der Waals surface area contributed by atoms with E-state index in [1.165, 1.54) is 10.4 Å². The van der Waals surface area contributed by atoms with Gasteiger partial charge in [0.1, 0.15) is 5.69 Å². The average Bonchev–Trinajstić information content (AvgIpc) is 3.10. The Balaban J connectivity index is 1.73. The number of aliphatic hydroxyl groups is 2. The predicted octanol–water partition coefficient (Wildman–Crippen LogP) is 2.87. The SMILES string of the molecule is CC(CO)NC1=CN(SCc2ccccc2)Cc2sc(NCCCO)nc21. The number of nitrogens with one attached hydrogen (secondary N) is 2. The highest BCUT2D eigenvalue weighted by atomic mass is 32.2. The number of benzene rings is 1. The van der Waals surface area contributed by atoms with Gasteiger partial charge in [-0.1, -0.05) is 41.7 Å². The highest BCUT2D eigenvalue weighted by Crippen LogP contribution is 2.35. The van der Waals surface area contributed by atoms with E-state index in [0.29, 0.717) is 13.0 Å². The number of aliphatic hydroxyl groups excluding tert-OH is 2. The van der Waals surface area contributed by atoms with Crippen LogP contribution < -0.4 is 10.6 Å². The standard InChI is InChI=1S/C19H26N4O2S2/c1-14(12-25)21-16-10-23(26-13-15-6-3-2-4-7-15)11-17-18(16)22-19(27-17)20-8-5-9-24/h2-4,6-7,10,14,21,24-25H,5,8-9,11-13H2,1H3,(H,20,22). The van der Waals surface area contributed by atoms with Gasteiger partial charge in [-0.25, -0.2) is 4.98 Å². The molecule has 0 aliphatic carbocycles. The Kier molecular flexibility index (Phi) is 7.40. The Morgan fingerprint density at radius 1 is 1.30 bits per heavy atom. The van der Waals surface area contributed by atoms with Gasteiger partial charge in [0.2, 0.25) is 0 Å². The summed E-state index contributed by atoms with van der Waals surface area (Å²) < 4.78 is 2.22. The van der Waals surface area contributed by atoms with Crippen LogP contribution in [0, 0.1) is 0 Å². The van der Waals surface area contributed by atoms with Gasteiger partial charge < -0.3 is 25.2 Å². The van der Waals surface area contributed by atoms with Crippen molar-refractivity contribution in [2.75, 3.05) is 25.1 Å². The van der Waals surface area contributed by atoms with Crippen LogP contribution in [0.15, 0.2) is 36.5 Å². The molecule has 6 nitrogen and oxygen atoms in total. The van der Waals surface area contributed by atoms with E-state index < -0.39 is 0 Å². The molecule has 1 atom stereocenters. The number of nitrogens with zero attached hydrogens (tertiary/aromatic N) is 2. The minimum atomic E-state index is -0.0457. The summed E-state index contributed by atoms with van der Waals surface area (Å²) in [5.41, 5.74) is 3.17. The van der Waals surface area contributed by atoms with Gasteiger partial charge in [-0.05, 0) is 30.9 Å². The van der Waals surface area contributed by atoms with Gasteiger partial charge in [-0.2, -0.15) is 0 Å². The first-order chi connectivity index (χ1) is 13.2. The van der Waals surface area contributed by atoms with Crippen molar-refractivity contribution in [3.63, 3.8) is 0 Å². The highest BCUT2D eigenvalue weighted by Gasteiger charge is 2.23. The van der Waals surface area contributed by atoms with Gasteiger partial charge in [-0.15, -0.1) is 0 Å². The summed E-state index contributed by atoms with van der Waals surface area (Å²) in [5.74, 6) is 0.899. The first kappa shape index (κ1) is 20.0. The molecule has 0 bridgehead atoms. The van der Waals surface area contributed by atoms with Gasteiger partial charge >= 0.3 is 0 Å². The molecule has 0 amide bonds. The summed E-state index contributed by atoms with van der Waals surface area (Å²) in [6.45, 7) is 3.68. The second-order valence-electron chi connectivity index (χ2n) is 6.40. The summed E-state index contributed by atoms with van der Waals surface area (Å²) in [6, 6.07) is 10.4. The van der Waals surface area contributed by atoms with Crippen LogP contribution in [0.25, 0.3) is 5.70 Å². The molecule has 0 spiro atoms. The largest absolute Gasteiger partial charge is 0.396 e. The number of fused-ring (bicyclic) bond motifs is 1. The molecule has 146 valence electrons. The summed E-state index contributed by atoms with van der Waals surface area (Å²) >= 11 is 3.41. The molecule has 1 aromatic carbocycles. The van der Waals surface area contributed by atoms with E-state index in [1.54, 1.807) is 23.3 Å². The lowest BCUT2D eigenvalue weighted by Gasteiger charge is -2.26. The van der Waals surface area contributed by atoms with Crippen LogP contribution in [0.2, 0.25) is 0 Å². The van der Waals surface area contributed by atoms with Crippen LogP contribution in [0.1, 0.15) is 29.5 Å². The molecule has 0 saturated carbocycles. The second kappa shape index (κ2) is 9.98. The lowest BCUT2D eigenvalue weighted by atomic mass is 10.2. The number of rotatable bonds is 10. The lowest BCUT2D eigenvalue weighted by Crippen LogP contribution is -2.31. The highest BCUT2D eigenvalue weighted by molar-refractivity contribution is 7.96. The molecule has 3 rings (SSSR count). The maximum absolute atomic E-state index is 9.42. The summed E-state index contributed by atoms with van der Waals surface area (Å²) in [7, 11) is 0. The van der Waals surface area contributed by atoms with E-state index in [1.807, 2.05) is 13.0 Å². The number of hydrogen-bond donors (Lipinski definition) is 4. The third kappa shape index (κ3) is 5.62. The minimum absolute atomic E-state index is 0.0457. The van der Waals surface area contributed by atoms with Crippen molar-refractivity contribution in [1.82, 2.24) is 14.6 Å². The van der Waals surface area contributed by atoms with Crippen molar-refractivity contribution in [1.29, 1.82) is 0 Å². The number of hydrogen-bond acceptors (Lipinski definition) is 8. The van der Waals surface area contributed by atoms with Gasteiger partial charge in [0.25, 0.3) is 0 Å². The zero-order valence-corrected chi connectivity index (χ0v) is 17.0. The first-order valence-electron chi connectivity index (χ1n) is 9.07. The van der Waals surface area contributed by atoms with Gasteiger partial charge in [-0.3, -0.25) is 0 Å². The third-order valence-corrected chi connectivity index (χ3v) is 6.08. The van der Waals surface area contributed by atoms with E-state index >= 15 is 0 Å². The smallest absolute Gasteiger partial charge is 0.183 e. The predicted molar refractivity (Wildman–Crippen MR) is 113 cm³/mol. The zero-order valence-electron chi connectivity index (χ0n) is 15.4. The molecule has 2 aromatic rings. The number of anilines is 1. The Morgan fingerprint density at radius 2 is 2.11 bits per heavy atom. The van der Waals surface area contributed by atoms with E-state index in [2.05, 4.69) is 45.4 Å². The van der Waals surface area contributed by atoms with Crippen LogP contribution in [0.5, 0.6) is 0 Å². The van der Waals surface area contributed by atoms with Crippen LogP contribution >= 0.6 is 23.3 Å². The van der Waals surface area contributed by atoms with Gasteiger partial charge in [0.15, 0.2) is 5.13 Å². The van der Waals surface area contributed by atoms with Crippen molar-refractivity contribution in [3.05, 3.63) is 52.7 Å². The van der Waals surface area contributed by atoms with Crippen molar-refractivity contribution in [2.24, 2.45) is 0 Å². The van der Waals surface area contributed by atoms with Crippen molar-refractivity contribution in [3.8, 4) is 0 Å². The van der Waals surface area contributed by atoms with E-state index in [4.69, 9.17) is 10.1 Å². The minimum Gasteiger partial charge on any atom is -0.396 e. The average molecular weight is 407 g/mol. The fraction of sp³-hybridized carbons (Fsp3) is 0.421. The topological polar surface area (TPSA) is 80.7 Å². The molecule has 0 radical (unpaired) electrons. The molecule has 27 heavy (non-hydrogen) atoms. The van der Waals surface area contributed by atoms with Gasteiger partial charge in [0.05, 0.1) is 23.7 Å². The third-order valence-electron chi connectivity index (χ3n) is 4.05. The van der Waals surface area contributed by atoms with Crippen molar-refractivity contribution < 1.29 is 10.2 Å². The van der Waals surface area contributed by atoms with Crippen LogP contribution in [-0.2, 0) is 12.3 Å². The molecule has 0 saturated heterocycles. The monoisotopic (exact) mass is 406 g/mol. The van der Waals surface area contributed by atoms with Crippen LogP contribution in [0.4, 0.5) is 5.13 Å². The Bertz CT molecular complexity index is 751. The zero-order chi connectivity index (χ0) is 19.1. The fourth-order valence-corrected chi connectivity index (χ4v) is 4.63. The molecule has 0 fully saturated rings. The van der Waals surface area contributed by atoms with Crippen molar-refractivity contribution in [2.45, 2.75) is 31.7 Å². The normalized spacial score (nSPS) is 14.5. The molecule has 8 heteroatoms. The molecule has 1 unspecified atom stereocenters. The maximum atomic E-state index is 9.42. The van der Waals surface area contributed by atoms with Crippen LogP contribution in [-0.4, -0.2) is 45.3 Å². The molecule has 1 aliphatic rings. The van der Waals surface area contributed by atoms with E-state index in [9.17, 15) is 5.11 Å². The molecule has 1 aliphatic heterocycles. The molecular formula is C19H26N4O2S2. The van der Waals surface area contributed by atoms with Crippen molar-refractivity contribution >= 4 is 34.1 Å². The van der Waals surface area contributed by atoms with Crippen LogP contribution in [0.3, 0.4) is 0 Å². The molecule has 4 N–H and O–H groups in total. The molecule has 1 aromatic heterocycles. The maximum Gasteiger partial charge on any atom is 0.183 e. The first-order valence-corrected chi connectivity index (χ1v) is 10.8. The Labute approximate surface area is 168 Å². The second-order valence-corrected chi connectivity index (χ2v) is 8.50. The number of aromatic nitrogens is 1. The summed E-state index contributed by atoms with van der Waals surface area (Å²) in [5, 5.41) is 25.9. The molecule has 2 heterocycles. The quantitative estimate of drug-likeness (QED) is 0.357. The van der Waals surface area contributed by atoms with Gasteiger partial charge in [0, 0.05) is 31.1 Å². The number of thiazole rings is 1. The fourth-order valence-electron chi connectivity index (χ4n) is 2.64. The van der Waals surface area contributed by atoms with E-state index in [0.717, 1.165) is 28.8 Å². The van der Waals surface area contributed by atoms with E-state index in [-0.39, 0.29) is 19.3 Å². The summed E-state index contributed by atoms with van der Waals surface area (Å²) in [4.78, 5) is 5.91. The summed E-state index contributed by atoms with van der Waals surface area (Å²) in [6.07, 6.45) is 2.78. The Hall–Kier alpha value is -1.74. The molecular weight excluding hydrogens is 380 g/mol. The Morgan fingerprint density at radius 3 is 2.85 bits per heavy atom. The lowest BCUT2D eigenvalue weighted by molar-refractivity contribution is 0.262.